The van der Waals surface area contributed by atoms with E-state index in [1.165, 1.54) is 58.2 Å². The van der Waals surface area contributed by atoms with Crippen LogP contribution >= 0.6 is 0 Å². The van der Waals surface area contributed by atoms with Gasteiger partial charge in [0, 0.05) is 19.7 Å². The Kier molecular flexibility index (Phi) is 5.75. The number of nitrogens with zero attached hydrogens (tertiary/aromatic N) is 1. The van der Waals surface area contributed by atoms with E-state index >= 15 is 0 Å². The maximum atomic E-state index is 5.20. The quantitative estimate of drug-likeness (QED) is 0.701. The molecule has 3 nitrogen and oxygen atoms in total. The van der Waals surface area contributed by atoms with Crippen LogP contribution in [0.2, 0.25) is 0 Å². The van der Waals surface area contributed by atoms with E-state index < -0.39 is 0 Å². The van der Waals surface area contributed by atoms with Crippen LogP contribution < -0.4 is 5.32 Å². The van der Waals surface area contributed by atoms with Gasteiger partial charge in [-0.15, -0.1) is 0 Å². The summed E-state index contributed by atoms with van der Waals surface area (Å²) in [5, 5.41) is 3.44. The van der Waals surface area contributed by atoms with E-state index in [4.69, 9.17) is 4.74 Å². The van der Waals surface area contributed by atoms with Crippen LogP contribution in [0.5, 0.6) is 0 Å². The second-order valence-electron chi connectivity index (χ2n) is 5.60. The third-order valence-electron chi connectivity index (χ3n) is 4.16. The zero-order chi connectivity index (χ0) is 11.9. The fourth-order valence-electron chi connectivity index (χ4n) is 2.88. The van der Waals surface area contributed by atoms with Crippen LogP contribution in [-0.2, 0) is 4.74 Å². The third-order valence-corrected chi connectivity index (χ3v) is 4.16. The van der Waals surface area contributed by atoms with Crippen molar-refractivity contribution in [1.82, 2.24) is 10.2 Å². The molecule has 1 aliphatic carbocycles. The molecule has 1 heterocycles. The molecule has 0 radical (unpaired) electrons. The van der Waals surface area contributed by atoms with Gasteiger partial charge in [0.1, 0.15) is 0 Å². The van der Waals surface area contributed by atoms with Crippen LogP contribution in [0, 0.1) is 5.92 Å². The molecule has 2 fully saturated rings. The number of ether oxygens (including phenoxy) is 1. The SMILES string of the molecule is COCCN(CCCC1CCNCC1)C1CC1. The van der Waals surface area contributed by atoms with Gasteiger partial charge in [-0.2, -0.15) is 0 Å². The minimum atomic E-state index is 0.887. The number of rotatable bonds is 8. The summed E-state index contributed by atoms with van der Waals surface area (Å²) in [6.07, 6.45) is 8.42. The minimum absolute atomic E-state index is 0.887. The number of nitrogens with one attached hydrogen (secondary N) is 1. The predicted molar refractivity (Wildman–Crippen MR) is 71.3 cm³/mol. The zero-order valence-electron chi connectivity index (χ0n) is 11.3. The van der Waals surface area contributed by atoms with Crippen molar-refractivity contribution in [2.24, 2.45) is 5.92 Å². The highest BCUT2D eigenvalue weighted by Crippen LogP contribution is 2.27. The van der Waals surface area contributed by atoms with E-state index in [9.17, 15) is 0 Å². The first-order chi connectivity index (χ1) is 8.40. The van der Waals surface area contributed by atoms with Crippen LogP contribution in [0.4, 0.5) is 0 Å². The van der Waals surface area contributed by atoms with Crippen LogP contribution in [0.1, 0.15) is 38.5 Å². The summed E-state index contributed by atoms with van der Waals surface area (Å²) < 4.78 is 5.20. The highest BCUT2D eigenvalue weighted by Gasteiger charge is 2.28. The van der Waals surface area contributed by atoms with Crippen LogP contribution in [0.3, 0.4) is 0 Å². The van der Waals surface area contributed by atoms with Crippen molar-refractivity contribution in [3.8, 4) is 0 Å². The van der Waals surface area contributed by atoms with Gasteiger partial charge in [0.15, 0.2) is 0 Å². The van der Waals surface area contributed by atoms with Crippen molar-refractivity contribution >= 4 is 0 Å². The molecule has 0 amide bonds. The Morgan fingerprint density at radius 1 is 1.12 bits per heavy atom. The predicted octanol–water partition coefficient (Wildman–Crippen LogP) is 1.88. The Bertz CT molecular complexity index is 200. The van der Waals surface area contributed by atoms with Gasteiger partial charge in [-0.25, -0.2) is 0 Å². The molecule has 1 saturated carbocycles. The van der Waals surface area contributed by atoms with Gasteiger partial charge in [-0.3, -0.25) is 4.90 Å². The van der Waals surface area contributed by atoms with E-state index in [1.54, 1.807) is 7.11 Å². The zero-order valence-corrected chi connectivity index (χ0v) is 11.3. The smallest absolute Gasteiger partial charge is 0.0589 e. The van der Waals surface area contributed by atoms with Crippen molar-refractivity contribution < 1.29 is 4.74 Å². The lowest BCUT2D eigenvalue weighted by molar-refractivity contribution is 0.140. The molecule has 0 atom stereocenters. The Morgan fingerprint density at radius 3 is 2.53 bits per heavy atom. The maximum absolute atomic E-state index is 5.20. The normalized spacial score (nSPS) is 22.2. The first-order valence-electron chi connectivity index (χ1n) is 7.34. The number of piperidine rings is 1. The van der Waals surface area contributed by atoms with E-state index in [-0.39, 0.29) is 0 Å². The average molecular weight is 240 g/mol. The molecule has 1 aliphatic heterocycles. The van der Waals surface area contributed by atoms with Gasteiger partial charge < -0.3 is 10.1 Å². The van der Waals surface area contributed by atoms with Crippen molar-refractivity contribution in [3.05, 3.63) is 0 Å². The summed E-state index contributed by atoms with van der Waals surface area (Å²) in [5.41, 5.74) is 0. The lowest BCUT2D eigenvalue weighted by atomic mass is 9.93. The fraction of sp³-hybridized carbons (Fsp3) is 1.00. The molecular weight excluding hydrogens is 212 g/mol. The van der Waals surface area contributed by atoms with Gasteiger partial charge in [0.25, 0.3) is 0 Å². The van der Waals surface area contributed by atoms with Crippen molar-refractivity contribution in [1.29, 1.82) is 0 Å². The summed E-state index contributed by atoms with van der Waals surface area (Å²) in [6.45, 7) is 5.79. The second kappa shape index (κ2) is 7.34. The third kappa shape index (κ3) is 4.94. The Morgan fingerprint density at radius 2 is 1.88 bits per heavy atom. The first-order valence-corrected chi connectivity index (χ1v) is 7.34. The Balaban J connectivity index is 1.57. The van der Waals surface area contributed by atoms with Crippen LogP contribution in [0.15, 0.2) is 0 Å². The topological polar surface area (TPSA) is 24.5 Å². The van der Waals surface area contributed by atoms with E-state index in [1.807, 2.05) is 0 Å². The highest BCUT2D eigenvalue weighted by atomic mass is 16.5. The molecule has 17 heavy (non-hydrogen) atoms. The molecule has 0 spiro atoms. The van der Waals surface area contributed by atoms with Gasteiger partial charge in [-0.05, 0) is 64.1 Å². The number of hydrogen-bond donors (Lipinski definition) is 1. The van der Waals surface area contributed by atoms with Crippen molar-refractivity contribution in [2.75, 3.05) is 39.9 Å². The van der Waals surface area contributed by atoms with E-state index in [0.717, 1.165) is 25.1 Å². The molecule has 0 aromatic heterocycles. The van der Waals surface area contributed by atoms with Crippen molar-refractivity contribution in [2.45, 2.75) is 44.6 Å². The molecule has 0 bridgehead atoms. The largest absolute Gasteiger partial charge is 0.383 e. The molecule has 0 aromatic rings. The van der Waals surface area contributed by atoms with Gasteiger partial charge in [-0.1, -0.05) is 0 Å². The molecule has 100 valence electrons. The Hall–Kier alpha value is -0.120. The molecule has 0 aromatic carbocycles. The van der Waals surface area contributed by atoms with E-state index in [2.05, 4.69) is 10.2 Å². The summed E-state index contributed by atoms with van der Waals surface area (Å²) >= 11 is 0. The lowest BCUT2D eigenvalue weighted by Gasteiger charge is -2.25. The molecule has 1 saturated heterocycles. The first kappa shape index (κ1) is 13.3. The van der Waals surface area contributed by atoms with Crippen molar-refractivity contribution in [3.63, 3.8) is 0 Å². The monoisotopic (exact) mass is 240 g/mol. The molecule has 1 N–H and O–H groups in total. The number of methoxy groups -OCH3 is 1. The van der Waals surface area contributed by atoms with Gasteiger partial charge >= 0.3 is 0 Å². The molecule has 3 heteroatoms. The molecular formula is C14H28N2O. The molecule has 2 aliphatic rings. The fourth-order valence-corrected chi connectivity index (χ4v) is 2.88. The molecule has 2 rings (SSSR count). The number of hydrogen-bond acceptors (Lipinski definition) is 3. The lowest BCUT2D eigenvalue weighted by Crippen LogP contribution is -2.32. The van der Waals surface area contributed by atoms with E-state index in [0.29, 0.717) is 0 Å². The van der Waals surface area contributed by atoms with Gasteiger partial charge in [0.05, 0.1) is 6.61 Å². The minimum Gasteiger partial charge on any atom is -0.383 e. The highest BCUT2D eigenvalue weighted by molar-refractivity contribution is 4.84. The molecule has 0 unspecified atom stereocenters. The summed E-state index contributed by atoms with van der Waals surface area (Å²) in [5.74, 6) is 0.986. The summed E-state index contributed by atoms with van der Waals surface area (Å²) in [7, 11) is 1.81. The van der Waals surface area contributed by atoms with Crippen LogP contribution in [0.25, 0.3) is 0 Å². The maximum Gasteiger partial charge on any atom is 0.0589 e. The Labute approximate surface area is 106 Å². The summed E-state index contributed by atoms with van der Waals surface area (Å²) in [6, 6.07) is 0.887. The second-order valence-corrected chi connectivity index (χ2v) is 5.60. The average Bonchev–Trinajstić information content (AvgIpc) is 3.19. The standard InChI is InChI=1S/C14H28N2O/c1-17-12-11-16(14-4-5-14)10-2-3-13-6-8-15-9-7-13/h13-15H,2-12H2,1H3. The van der Waals surface area contributed by atoms with Crippen LogP contribution in [-0.4, -0.2) is 50.8 Å². The van der Waals surface area contributed by atoms with Gasteiger partial charge in [0.2, 0.25) is 0 Å². The summed E-state index contributed by atoms with van der Waals surface area (Å²) in [4.78, 5) is 2.64.